The molecule has 0 saturated carbocycles. The Bertz CT molecular complexity index is 594. The molecule has 1 heterocycles. The van der Waals surface area contributed by atoms with E-state index in [9.17, 15) is 4.79 Å². The van der Waals surface area contributed by atoms with Crippen LogP contribution in [0, 0.1) is 0 Å². The van der Waals surface area contributed by atoms with Gasteiger partial charge in [0.15, 0.2) is 0 Å². The monoisotopic (exact) mass is 269 g/mol. The van der Waals surface area contributed by atoms with Crippen LogP contribution in [0.2, 0.25) is 0 Å². The normalized spacial score (nSPS) is 10.8. The van der Waals surface area contributed by atoms with Crippen molar-refractivity contribution in [1.29, 1.82) is 0 Å². The Balaban J connectivity index is 1.80. The van der Waals surface area contributed by atoms with E-state index in [-0.39, 0.29) is 5.69 Å². The molecule has 0 aliphatic rings. The number of aromatic nitrogens is 1. The molecule has 102 valence electrons. The highest BCUT2D eigenvalue weighted by Gasteiger charge is 2.04. The average molecular weight is 269 g/mol. The summed E-state index contributed by atoms with van der Waals surface area (Å²) in [7, 11) is 0. The van der Waals surface area contributed by atoms with Crippen molar-refractivity contribution >= 4 is 12.0 Å². The third kappa shape index (κ3) is 4.33. The zero-order valence-corrected chi connectivity index (χ0v) is 10.9. The number of carboxylic acid groups (broad SMARTS) is 1. The van der Waals surface area contributed by atoms with Gasteiger partial charge in [0.05, 0.1) is 18.9 Å². The quantitative estimate of drug-likeness (QED) is 0.819. The van der Waals surface area contributed by atoms with Gasteiger partial charge >= 0.3 is 5.97 Å². The zero-order chi connectivity index (χ0) is 14.2. The maximum atomic E-state index is 10.8. The van der Waals surface area contributed by atoms with Gasteiger partial charge in [-0.1, -0.05) is 48.6 Å². The highest BCUT2D eigenvalue weighted by atomic mass is 16.5. The fraction of sp³-hybridized carbons (Fsp3) is 0.125. The van der Waals surface area contributed by atoms with Crippen molar-refractivity contribution in [3.8, 4) is 0 Å². The molecule has 0 aliphatic carbocycles. The number of pyridine rings is 1. The molecule has 0 unspecified atom stereocenters. The van der Waals surface area contributed by atoms with Crippen molar-refractivity contribution in [1.82, 2.24) is 4.98 Å². The van der Waals surface area contributed by atoms with Crippen LogP contribution in [0.25, 0.3) is 6.08 Å². The van der Waals surface area contributed by atoms with Crippen molar-refractivity contribution in [2.75, 3.05) is 6.61 Å². The molecule has 0 bridgehead atoms. The predicted molar refractivity (Wildman–Crippen MR) is 76.3 cm³/mol. The Labute approximate surface area is 117 Å². The number of aromatic carboxylic acids is 1. The lowest BCUT2D eigenvalue weighted by atomic mass is 10.2. The maximum Gasteiger partial charge on any atom is 0.354 e. The predicted octanol–water partition coefficient (Wildman–Crippen LogP) is 3.01. The molecule has 2 rings (SSSR count). The van der Waals surface area contributed by atoms with Gasteiger partial charge in [-0.3, -0.25) is 0 Å². The fourth-order valence-electron chi connectivity index (χ4n) is 1.66. The SMILES string of the molecule is O=C(O)c1cccc(COC/C=C/c2ccccc2)n1. The first-order valence-corrected chi connectivity index (χ1v) is 6.24. The minimum Gasteiger partial charge on any atom is -0.477 e. The smallest absolute Gasteiger partial charge is 0.354 e. The first kappa shape index (κ1) is 14.0. The number of carbonyl (C=O) groups is 1. The summed E-state index contributed by atoms with van der Waals surface area (Å²) in [5, 5.41) is 8.83. The summed E-state index contributed by atoms with van der Waals surface area (Å²) >= 11 is 0. The second-order valence-corrected chi connectivity index (χ2v) is 4.15. The Morgan fingerprint density at radius 1 is 1.15 bits per heavy atom. The second-order valence-electron chi connectivity index (χ2n) is 4.15. The molecule has 4 nitrogen and oxygen atoms in total. The third-order valence-electron chi connectivity index (χ3n) is 2.60. The minimum atomic E-state index is -1.03. The molecule has 0 atom stereocenters. The van der Waals surface area contributed by atoms with E-state index in [4.69, 9.17) is 9.84 Å². The molecule has 1 aromatic heterocycles. The molecule has 0 radical (unpaired) electrons. The zero-order valence-electron chi connectivity index (χ0n) is 10.9. The second kappa shape index (κ2) is 7.21. The molecule has 0 aliphatic heterocycles. The lowest BCUT2D eigenvalue weighted by Crippen LogP contribution is -2.03. The maximum absolute atomic E-state index is 10.8. The molecule has 0 saturated heterocycles. The Hall–Kier alpha value is -2.46. The van der Waals surface area contributed by atoms with Gasteiger partial charge in [0.1, 0.15) is 5.69 Å². The first-order chi connectivity index (χ1) is 9.75. The summed E-state index contributed by atoms with van der Waals surface area (Å²) in [4.78, 5) is 14.8. The number of rotatable bonds is 6. The summed E-state index contributed by atoms with van der Waals surface area (Å²) in [5.74, 6) is -1.03. The third-order valence-corrected chi connectivity index (χ3v) is 2.60. The Morgan fingerprint density at radius 2 is 1.95 bits per heavy atom. The molecule has 0 fully saturated rings. The van der Waals surface area contributed by atoms with E-state index >= 15 is 0 Å². The van der Waals surface area contributed by atoms with Crippen molar-refractivity contribution in [3.05, 3.63) is 71.6 Å². The van der Waals surface area contributed by atoms with E-state index < -0.39 is 5.97 Å². The van der Waals surface area contributed by atoms with Gasteiger partial charge in [0.2, 0.25) is 0 Å². The van der Waals surface area contributed by atoms with Crippen molar-refractivity contribution in [2.24, 2.45) is 0 Å². The van der Waals surface area contributed by atoms with E-state index in [1.807, 2.05) is 42.5 Å². The molecule has 2 aromatic rings. The molecule has 0 spiro atoms. The van der Waals surface area contributed by atoms with Gasteiger partial charge in [-0.25, -0.2) is 9.78 Å². The van der Waals surface area contributed by atoms with Gasteiger partial charge < -0.3 is 9.84 Å². The van der Waals surface area contributed by atoms with Crippen LogP contribution in [0.5, 0.6) is 0 Å². The van der Waals surface area contributed by atoms with Crippen LogP contribution in [0.3, 0.4) is 0 Å². The first-order valence-electron chi connectivity index (χ1n) is 6.24. The van der Waals surface area contributed by atoms with E-state index in [0.717, 1.165) is 5.56 Å². The topological polar surface area (TPSA) is 59.4 Å². The van der Waals surface area contributed by atoms with Crippen LogP contribution in [0.4, 0.5) is 0 Å². The Kier molecular flexibility index (Phi) is 5.03. The van der Waals surface area contributed by atoms with Crippen LogP contribution in [-0.4, -0.2) is 22.7 Å². The van der Waals surface area contributed by atoms with Gasteiger partial charge in [0, 0.05) is 0 Å². The number of ether oxygens (including phenoxy) is 1. The van der Waals surface area contributed by atoms with E-state index in [1.54, 1.807) is 12.1 Å². The van der Waals surface area contributed by atoms with Crippen molar-refractivity contribution in [3.63, 3.8) is 0 Å². The molecular weight excluding hydrogens is 254 g/mol. The lowest BCUT2D eigenvalue weighted by molar-refractivity contribution is 0.0689. The van der Waals surface area contributed by atoms with Gasteiger partial charge in [-0.2, -0.15) is 0 Å². The molecule has 0 amide bonds. The summed E-state index contributed by atoms with van der Waals surface area (Å²) in [6.07, 6.45) is 3.89. The van der Waals surface area contributed by atoms with E-state index in [1.165, 1.54) is 6.07 Å². The molecule has 1 aromatic carbocycles. The van der Waals surface area contributed by atoms with E-state index in [2.05, 4.69) is 4.98 Å². The average Bonchev–Trinajstić information content (AvgIpc) is 2.48. The summed E-state index contributed by atoms with van der Waals surface area (Å²) in [6.45, 7) is 0.744. The van der Waals surface area contributed by atoms with Gasteiger partial charge in [-0.15, -0.1) is 0 Å². The fourth-order valence-corrected chi connectivity index (χ4v) is 1.66. The summed E-state index contributed by atoms with van der Waals surface area (Å²) in [5.41, 5.74) is 1.76. The molecule has 1 N–H and O–H groups in total. The van der Waals surface area contributed by atoms with Crippen LogP contribution < -0.4 is 0 Å². The Morgan fingerprint density at radius 3 is 2.70 bits per heavy atom. The lowest BCUT2D eigenvalue weighted by Gasteiger charge is -2.02. The number of hydrogen-bond acceptors (Lipinski definition) is 3. The number of hydrogen-bond donors (Lipinski definition) is 1. The minimum absolute atomic E-state index is 0.0333. The number of carboxylic acids is 1. The highest BCUT2D eigenvalue weighted by molar-refractivity contribution is 5.85. The molecule has 20 heavy (non-hydrogen) atoms. The van der Waals surface area contributed by atoms with Gasteiger partial charge in [-0.05, 0) is 17.7 Å². The standard InChI is InChI=1S/C16H15NO3/c18-16(19)15-10-4-9-14(17-15)12-20-11-5-8-13-6-2-1-3-7-13/h1-10H,11-12H2,(H,18,19)/b8-5+. The highest BCUT2D eigenvalue weighted by Crippen LogP contribution is 2.03. The van der Waals surface area contributed by atoms with Crippen LogP contribution in [-0.2, 0) is 11.3 Å². The molecular formula is C16H15NO3. The number of benzene rings is 1. The van der Waals surface area contributed by atoms with Crippen LogP contribution in [0.1, 0.15) is 21.7 Å². The van der Waals surface area contributed by atoms with Crippen molar-refractivity contribution in [2.45, 2.75) is 6.61 Å². The summed E-state index contributed by atoms with van der Waals surface area (Å²) < 4.78 is 5.43. The molecule has 4 heteroatoms. The van der Waals surface area contributed by atoms with Gasteiger partial charge in [0.25, 0.3) is 0 Å². The van der Waals surface area contributed by atoms with Crippen LogP contribution in [0.15, 0.2) is 54.6 Å². The van der Waals surface area contributed by atoms with E-state index in [0.29, 0.717) is 18.9 Å². The van der Waals surface area contributed by atoms with Crippen LogP contribution >= 0.6 is 0 Å². The van der Waals surface area contributed by atoms with Crippen molar-refractivity contribution < 1.29 is 14.6 Å². The largest absolute Gasteiger partial charge is 0.477 e. The summed E-state index contributed by atoms with van der Waals surface area (Å²) in [6, 6.07) is 14.8. The number of nitrogens with zero attached hydrogens (tertiary/aromatic N) is 1.